The molecule has 3 heterocycles. The Morgan fingerprint density at radius 3 is 2.49 bits per heavy atom. The Balaban J connectivity index is 1.74. The van der Waals surface area contributed by atoms with Gasteiger partial charge in [-0.3, -0.25) is 19.5 Å². The molecule has 37 heavy (non-hydrogen) atoms. The van der Waals surface area contributed by atoms with Crippen LogP contribution in [0, 0.1) is 13.8 Å². The maximum Gasteiger partial charge on any atom is 0.301 e. The molecule has 8 heteroatoms. The van der Waals surface area contributed by atoms with E-state index in [9.17, 15) is 14.7 Å². The number of hydrogen-bond donors (Lipinski definition) is 1. The van der Waals surface area contributed by atoms with E-state index < -0.39 is 17.7 Å². The molecule has 1 unspecified atom stereocenters. The van der Waals surface area contributed by atoms with Crippen LogP contribution in [-0.4, -0.2) is 26.8 Å². The minimum atomic E-state index is -0.934. The van der Waals surface area contributed by atoms with Crippen molar-refractivity contribution in [1.82, 2.24) is 9.97 Å². The Morgan fingerprint density at radius 1 is 1.05 bits per heavy atom. The number of Topliss-reactive ketones (excluding diaryl/α,β-unsaturated/α-hetero) is 1. The van der Waals surface area contributed by atoms with Gasteiger partial charge in [0, 0.05) is 16.8 Å². The molecule has 1 aliphatic heterocycles. The van der Waals surface area contributed by atoms with E-state index in [1.165, 1.54) is 16.2 Å². The van der Waals surface area contributed by atoms with E-state index in [1.807, 2.05) is 38.1 Å². The summed E-state index contributed by atoms with van der Waals surface area (Å²) in [6.07, 6.45) is 1.60. The van der Waals surface area contributed by atoms with E-state index in [4.69, 9.17) is 11.6 Å². The molecule has 1 aliphatic rings. The molecule has 1 fully saturated rings. The molecule has 1 N–H and O–H groups in total. The Hall–Kier alpha value is -3.55. The maximum atomic E-state index is 13.5. The van der Waals surface area contributed by atoms with Gasteiger partial charge in [-0.1, -0.05) is 61.9 Å². The van der Waals surface area contributed by atoms with Gasteiger partial charge in [-0.25, -0.2) is 4.98 Å². The van der Waals surface area contributed by atoms with Gasteiger partial charge in [0.25, 0.3) is 5.78 Å². The first kappa shape index (κ1) is 25.1. The monoisotopic (exact) mass is 531 g/mol. The number of fused-ring (bicyclic) bond motifs is 1. The predicted molar refractivity (Wildman–Crippen MR) is 148 cm³/mol. The highest BCUT2D eigenvalue weighted by Gasteiger charge is 2.49. The highest BCUT2D eigenvalue weighted by atomic mass is 35.5. The molecule has 2 aromatic heterocycles. The molecule has 5 rings (SSSR count). The molecule has 0 saturated carbocycles. The molecule has 0 radical (unpaired) electrons. The maximum absolute atomic E-state index is 13.5. The van der Waals surface area contributed by atoms with Crippen LogP contribution in [0.4, 0.5) is 5.13 Å². The van der Waals surface area contributed by atoms with Crippen molar-refractivity contribution in [3.8, 4) is 0 Å². The van der Waals surface area contributed by atoms with Gasteiger partial charge in [0.2, 0.25) is 0 Å². The standard InChI is InChI=1S/C29H26ClN3O3S/c1-15-9-10-17(29(3,4)5)13-18(15)25(34)23-24(20-8-6-7-11-31-20)33(27(36)26(23)35)28-32-21-14-19(30)16(2)12-22(21)37-28/h6-14,24,34H,1-5H3/b25-23+. The zero-order valence-electron chi connectivity index (χ0n) is 21.2. The average molecular weight is 532 g/mol. The number of rotatable bonds is 3. The molecule has 6 nitrogen and oxygen atoms in total. The van der Waals surface area contributed by atoms with Gasteiger partial charge in [-0.2, -0.15) is 0 Å². The quantitative estimate of drug-likeness (QED) is 0.177. The van der Waals surface area contributed by atoms with Crippen LogP contribution < -0.4 is 4.90 Å². The Kier molecular flexibility index (Phi) is 6.16. The molecular weight excluding hydrogens is 506 g/mol. The number of aliphatic hydroxyl groups is 1. The Morgan fingerprint density at radius 2 is 1.81 bits per heavy atom. The van der Waals surface area contributed by atoms with Crippen LogP contribution in [0.15, 0.2) is 60.3 Å². The topological polar surface area (TPSA) is 83.4 Å². The van der Waals surface area contributed by atoms with Gasteiger partial charge in [-0.05, 0) is 66.3 Å². The molecule has 0 aliphatic carbocycles. The van der Waals surface area contributed by atoms with Crippen LogP contribution in [0.5, 0.6) is 0 Å². The molecule has 0 bridgehead atoms. The van der Waals surface area contributed by atoms with Gasteiger partial charge in [0.05, 0.1) is 21.5 Å². The third-order valence-corrected chi connectivity index (χ3v) is 8.06. The molecule has 1 atom stereocenters. The molecule has 188 valence electrons. The smallest absolute Gasteiger partial charge is 0.301 e. The molecule has 2 aromatic carbocycles. The summed E-state index contributed by atoms with van der Waals surface area (Å²) in [5.41, 5.74) is 4.11. The van der Waals surface area contributed by atoms with Crippen molar-refractivity contribution in [2.45, 2.75) is 46.1 Å². The van der Waals surface area contributed by atoms with E-state index in [0.717, 1.165) is 21.4 Å². The van der Waals surface area contributed by atoms with Gasteiger partial charge in [0.1, 0.15) is 11.8 Å². The summed E-state index contributed by atoms with van der Waals surface area (Å²) in [5, 5.41) is 12.5. The van der Waals surface area contributed by atoms with Crippen molar-refractivity contribution in [3.63, 3.8) is 0 Å². The number of hydrogen-bond acceptors (Lipinski definition) is 6. The first-order chi connectivity index (χ1) is 17.5. The molecule has 4 aromatic rings. The average Bonchev–Trinajstić information content (AvgIpc) is 3.36. The fraction of sp³-hybridized carbons (Fsp3) is 0.241. The SMILES string of the molecule is Cc1cc2sc(N3C(=O)C(=O)/C(=C(/O)c4cc(C(C)(C)C)ccc4C)C3c3ccccn3)nc2cc1Cl. The van der Waals surface area contributed by atoms with E-state index in [0.29, 0.717) is 26.9 Å². The number of pyridine rings is 1. The van der Waals surface area contributed by atoms with Crippen LogP contribution in [0.3, 0.4) is 0 Å². The van der Waals surface area contributed by atoms with Crippen LogP contribution in [-0.2, 0) is 15.0 Å². The summed E-state index contributed by atoms with van der Waals surface area (Å²) in [7, 11) is 0. The fourth-order valence-electron chi connectivity index (χ4n) is 4.48. The number of carbonyl (C=O) groups excluding carboxylic acids is 2. The second-order valence-corrected chi connectivity index (χ2v) is 11.7. The second kappa shape index (κ2) is 9.08. The van der Waals surface area contributed by atoms with Crippen molar-refractivity contribution in [1.29, 1.82) is 0 Å². The van der Waals surface area contributed by atoms with E-state index in [1.54, 1.807) is 30.5 Å². The number of anilines is 1. The summed E-state index contributed by atoms with van der Waals surface area (Å²) in [5.74, 6) is -1.76. The fourth-order valence-corrected chi connectivity index (χ4v) is 5.71. The summed E-state index contributed by atoms with van der Waals surface area (Å²) in [6.45, 7) is 10.0. The lowest BCUT2D eigenvalue weighted by Crippen LogP contribution is -2.29. The number of carbonyl (C=O) groups is 2. The lowest BCUT2D eigenvalue weighted by molar-refractivity contribution is -0.132. The van der Waals surface area contributed by atoms with Gasteiger partial charge < -0.3 is 5.11 Å². The number of aryl methyl sites for hydroxylation is 2. The van der Waals surface area contributed by atoms with Gasteiger partial charge in [-0.15, -0.1) is 0 Å². The number of aromatic nitrogens is 2. The lowest BCUT2D eigenvalue weighted by atomic mass is 9.84. The lowest BCUT2D eigenvalue weighted by Gasteiger charge is -2.23. The largest absolute Gasteiger partial charge is 0.507 e. The van der Waals surface area contributed by atoms with E-state index in [2.05, 4.69) is 30.7 Å². The summed E-state index contributed by atoms with van der Waals surface area (Å²) < 4.78 is 0.840. The van der Waals surface area contributed by atoms with Crippen LogP contribution in [0.1, 0.15) is 54.8 Å². The third-order valence-electron chi connectivity index (χ3n) is 6.63. The number of benzene rings is 2. The highest BCUT2D eigenvalue weighted by molar-refractivity contribution is 7.22. The number of thiazole rings is 1. The highest BCUT2D eigenvalue weighted by Crippen LogP contribution is 2.44. The first-order valence-electron chi connectivity index (χ1n) is 11.9. The molecule has 1 amide bonds. The minimum Gasteiger partial charge on any atom is -0.507 e. The van der Waals surface area contributed by atoms with Crippen molar-refractivity contribution >= 4 is 55.7 Å². The van der Waals surface area contributed by atoms with Crippen molar-refractivity contribution in [2.75, 3.05) is 4.90 Å². The second-order valence-electron chi connectivity index (χ2n) is 10.3. The van der Waals surface area contributed by atoms with Gasteiger partial charge in [0.15, 0.2) is 5.13 Å². The normalized spacial score (nSPS) is 17.7. The number of halogens is 1. The summed E-state index contributed by atoms with van der Waals surface area (Å²) in [4.78, 5) is 37.5. The molecule has 1 saturated heterocycles. The number of nitrogens with zero attached hydrogens (tertiary/aromatic N) is 3. The zero-order chi connectivity index (χ0) is 26.6. The van der Waals surface area contributed by atoms with Crippen molar-refractivity contribution in [2.24, 2.45) is 0 Å². The molecule has 0 spiro atoms. The van der Waals surface area contributed by atoms with Crippen molar-refractivity contribution in [3.05, 3.63) is 93.3 Å². The third kappa shape index (κ3) is 4.32. The van der Waals surface area contributed by atoms with E-state index in [-0.39, 0.29) is 16.7 Å². The summed E-state index contributed by atoms with van der Waals surface area (Å²) in [6, 6.07) is 13.8. The Bertz CT molecular complexity index is 1560. The van der Waals surface area contributed by atoms with Crippen LogP contribution >= 0.6 is 22.9 Å². The van der Waals surface area contributed by atoms with E-state index >= 15 is 0 Å². The number of ketones is 1. The zero-order valence-corrected chi connectivity index (χ0v) is 22.7. The first-order valence-corrected chi connectivity index (χ1v) is 13.1. The van der Waals surface area contributed by atoms with Gasteiger partial charge >= 0.3 is 5.91 Å². The predicted octanol–water partition coefficient (Wildman–Crippen LogP) is 6.89. The minimum absolute atomic E-state index is 0.00803. The number of aliphatic hydroxyl groups excluding tert-OH is 1. The molecular formula is C29H26ClN3O3S. The number of amides is 1. The Labute approximate surface area is 224 Å². The van der Waals surface area contributed by atoms with Crippen LogP contribution in [0.2, 0.25) is 5.02 Å². The van der Waals surface area contributed by atoms with Crippen molar-refractivity contribution < 1.29 is 14.7 Å². The van der Waals surface area contributed by atoms with Crippen LogP contribution in [0.25, 0.3) is 16.0 Å². The summed E-state index contributed by atoms with van der Waals surface area (Å²) >= 11 is 7.60.